The number of pyridine rings is 2. The lowest BCUT2D eigenvalue weighted by atomic mass is 9.86. The molecule has 1 fully saturated rings. The van der Waals surface area contributed by atoms with Gasteiger partial charge in [0, 0.05) is 71.7 Å². The van der Waals surface area contributed by atoms with E-state index in [0.29, 0.717) is 39.9 Å². The second-order valence-electron chi connectivity index (χ2n) is 31.0. The number of carbonyl (C=O) groups is 1. The van der Waals surface area contributed by atoms with E-state index in [1.165, 1.54) is 35.0 Å². The van der Waals surface area contributed by atoms with Gasteiger partial charge in [0.25, 0.3) is 5.56 Å². The molecule has 2 aliphatic rings. The highest BCUT2D eigenvalue weighted by molar-refractivity contribution is 7.13. The topological polar surface area (TPSA) is 269 Å². The van der Waals surface area contributed by atoms with Crippen LogP contribution in [0.5, 0.6) is 0 Å². The molecule has 98 heavy (non-hydrogen) atoms. The molecule has 1 aliphatic carbocycles. The van der Waals surface area contributed by atoms with E-state index < -0.39 is 0 Å². The summed E-state index contributed by atoms with van der Waals surface area (Å²) in [5.41, 5.74) is 3.55. The molecule has 0 saturated carbocycles. The summed E-state index contributed by atoms with van der Waals surface area (Å²) in [4.78, 5) is 45.3. The van der Waals surface area contributed by atoms with E-state index in [0.717, 1.165) is 99.3 Å². The van der Waals surface area contributed by atoms with Gasteiger partial charge in [-0.25, -0.2) is 15.0 Å². The second-order valence-corrected chi connectivity index (χ2v) is 33.7. The number of halogens is 2. The Labute approximate surface area is 602 Å². The molecule has 0 bridgehead atoms. The fourth-order valence-corrected chi connectivity index (χ4v) is 10.2. The maximum Gasteiger partial charge on any atom is 0.329 e. The largest absolute Gasteiger partial charge is 0.445 e. The van der Waals surface area contributed by atoms with Crippen molar-refractivity contribution in [2.75, 3.05) is 13.1 Å². The van der Waals surface area contributed by atoms with Crippen LogP contribution >= 0.6 is 46.3 Å². The van der Waals surface area contributed by atoms with Crippen LogP contribution in [0.1, 0.15) is 267 Å². The number of aryl methyl sites for hydroxylation is 2. The van der Waals surface area contributed by atoms with Crippen molar-refractivity contribution in [3.8, 4) is 18.3 Å². The Morgan fingerprint density at radius 1 is 0.724 bits per heavy atom. The molecule has 0 N–H and O–H groups in total. The van der Waals surface area contributed by atoms with Crippen LogP contribution in [0, 0.1) is 65.2 Å². The minimum absolute atomic E-state index is 0.0231. The summed E-state index contributed by atoms with van der Waals surface area (Å²) in [5, 5.41) is 39.4. The quantitative estimate of drug-likeness (QED) is 0.111. The van der Waals surface area contributed by atoms with Crippen molar-refractivity contribution in [1.29, 1.82) is 15.8 Å². The molecule has 23 heteroatoms. The van der Waals surface area contributed by atoms with Crippen LogP contribution in [0.4, 0.5) is 0 Å². The fraction of sp³-hybridized carbons (Fsp3) is 0.573. The number of allylic oxidation sites excluding steroid dienone is 2. The number of ketones is 1. The summed E-state index contributed by atoms with van der Waals surface area (Å²) in [7, 11) is 0. The molecule has 0 spiro atoms. The van der Waals surface area contributed by atoms with Crippen LogP contribution in [0.3, 0.4) is 0 Å². The summed E-state index contributed by atoms with van der Waals surface area (Å²) in [5.74, 6) is 6.60. The summed E-state index contributed by atoms with van der Waals surface area (Å²) in [6.07, 6.45) is 16.4. The SMILES string of the molecule is CC(C)(C)CCC(=O)C1=CCC1.CC(C)(C)c1nnc(C#N)o1.CC(C)(C)c1noc(C#N)n1.CC(C)(C)n1sc2ccccc2c1=O.CC(C)C1CCN(C#N)C1.CC(C)c1ccc(Cl)nc1.CC(C)c1cnccc1Cl.Cc1nc(C(C)(C)C)ns1.Cc1ncc(C(C)(C)C)o1. The lowest BCUT2D eigenvalue weighted by molar-refractivity contribution is -0.116. The number of likely N-dealkylation sites (tertiary alicyclic amines) is 1. The van der Waals surface area contributed by atoms with Crippen LogP contribution < -0.4 is 5.56 Å². The first-order chi connectivity index (χ1) is 45.2. The van der Waals surface area contributed by atoms with Crippen molar-refractivity contribution in [2.45, 2.75) is 251 Å². The molecular formula is C75H108Cl2N14O5S2. The molecule has 534 valence electrons. The van der Waals surface area contributed by atoms with Gasteiger partial charge < -0.3 is 18.3 Å². The number of hydrogen-bond donors (Lipinski definition) is 0. The molecule has 0 radical (unpaired) electrons. The molecule has 8 heterocycles. The second kappa shape index (κ2) is 39.3. The molecule has 1 atom stereocenters. The van der Waals surface area contributed by atoms with Crippen LogP contribution in [-0.4, -0.2) is 72.4 Å². The predicted octanol–water partition coefficient (Wildman–Crippen LogP) is 20.0. The number of carbonyl (C=O) groups excluding carboxylic acids is 1. The highest BCUT2D eigenvalue weighted by Gasteiger charge is 2.26. The number of Topliss-reactive ketones (excluding diaryl/α,β-unsaturated/α-hetero) is 1. The van der Waals surface area contributed by atoms with Crippen molar-refractivity contribution >= 4 is 62.1 Å². The molecule has 1 aromatic carbocycles. The number of nitriles is 3. The maximum atomic E-state index is 11.9. The minimum Gasteiger partial charge on any atom is -0.445 e. The Morgan fingerprint density at radius 2 is 1.35 bits per heavy atom. The molecule has 7 aromatic heterocycles. The van der Waals surface area contributed by atoms with Crippen molar-refractivity contribution in [3.05, 3.63) is 157 Å². The predicted molar refractivity (Wildman–Crippen MR) is 398 cm³/mol. The number of rotatable bonds is 6. The third-order valence-corrected chi connectivity index (χ3v) is 17.1. The number of aromatic nitrogens is 10. The zero-order valence-electron chi connectivity index (χ0n) is 63.1. The number of oxazole rings is 1. The van der Waals surface area contributed by atoms with Gasteiger partial charge in [0.1, 0.15) is 21.7 Å². The highest BCUT2D eigenvalue weighted by Crippen LogP contribution is 2.29. The van der Waals surface area contributed by atoms with E-state index >= 15 is 0 Å². The normalized spacial score (nSPS) is 13.4. The third-order valence-electron chi connectivity index (χ3n) is 14.4. The molecular weight excluding hydrogens is 1310 g/mol. The molecule has 0 amide bonds. The number of nitrogens with zero attached hydrogens (tertiary/aromatic N) is 14. The first-order valence-electron chi connectivity index (χ1n) is 33.1. The van der Waals surface area contributed by atoms with Crippen molar-refractivity contribution in [1.82, 2.24) is 53.5 Å². The number of hydrogen-bond acceptors (Lipinski definition) is 20. The molecule has 19 nitrogen and oxygen atoms in total. The molecule has 10 rings (SSSR count). The van der Waals surface area contributed by atoms with Crippen LogP contribution in [-0.2, 0) is 32.0 Å². The van der Waals surface area contributed by atoms with E-state index in [2.05, 4.69) is 165 Å². The Hall–Kier alpha value is -7.48. The summed E-state index contributed by atoms with van der Waals surface area (Å²) in [6.45, 7) is 55.7. The van der Waals surface area contributed by atoms with E-state index in [-0.39, 0.29) is 44.5 Å². The van der Waals surface area contributed by atoms with Crippen LogP contribution in [0.2, 0.25) is 10.2 Å². The van der Waals surface area contributed by atoms with Gasteiger partial charge in [-0.05, 0) is 135 Å². The van der Waals surface area contributed by atoms with Crippen molar-refractivity contribution in [3.63, 3.8) is 0 Å². The van der Waals surface area contributed by atoms with Crippen LogP contribution in [0.15, 0.2) is 97.1 Å². The standard InChI is InChI=1S/C11H13NOS.C11H18O.2C8H10ClN.C8H14N2.C8H13NO.2C7H9N3O.C7H12N2S/c1-11(2,3)12-10(13)8-6-4-5-7-9(8)14-12;1-11(2,3)8-7-10(12)9-5-4-6-9;1-6(2)7-5-10-4-3-8(7)9;1-6(2)7-3-4-8(9)10-5-7;1-7(2)8-3-4-10(5-8)6-9;1-6-9-5-7(10-6)8(2,3)4;1-7(2,3)6-10-9-5(4-8)11-6;1-7(2,3)6-9-5(4-8)11-10-6;1-5-8-6(9-10-5)7(2,3)4/h4-7H,1-3H3;5H,4,6-8H2,1-3H3;2*3-6H,1-2H3;7-8H,3-5H2,1-2H3;5H,1-4H3;2*1-3H3;1-4H3. The van der Waals surface area contributed by atoms with Gasteiger partial charge in [-0.2, -0.15) is 25.1 Å². The fourth-order valence-electron chi connectivity index (χ4n) is 8.03. The summed E-state index contributed by atoms with van der Waals surface area (Å²) < 4.78 is 22.1. The van der Waals surface area contributed by atoms with E-state index in [4.69, 9.17) is 47.8 Å². The van der Waals surface area contributed by atoms with Gasteiger partial charge in [0.05, 0.1) is 21.8 Å². The van der Waals surface area contributed by atoms with Crippen molar-refractivity contribution < 1.29 is 18.2 Å². The van der Waals surface area contributed by atoms with Gasteiger partial charge >= 0.3 is 11.8 Å². The number of benzene rings is 1. The van der Waals surface area contributed by atoms with Crippen LogP contribution in [0.25, 0.3) is 10.1 Å². The zero-order valence-corrected chi connectivity index (χ0v) is 66.2. The van der Waals surface area contributed by atoms with Gasteiger partial charge in [0.15, 0.2) is 35.8 Å². The van der Waals surface area contributed by atoms with Gasteiger partial charge in [0.2, 0.25) is 5.89 Å². The third kappa shape index (κ3) is 32.0. The summed E-state index contributed by atoms with van der Waals surface area (Å²) in [6, 6.07) is 16.9. The Kier molecular flexibility index (Phi) is 34.8. The lowest BCUT2D eigenvalue weighted by Gasteiger charge is -2.19. The Morgan fingerprint density at radius 3 is 1.68 bits per heavy atom. The first-order valence-corrected chi connectivity index (χ1v) is 35.4. The molecule has 1 saturated heterocycles. The highest BCUT2D eigenvalue weighted by atomic mass is 35.5. The smallest absolute Gasteiger partial charge is 0.329 e. The van der Waals surface area contributed by atoms with E-state index in [1.54, 1.807) is 24.5 Å². The van der Waals surface area contributed by atoms with Crippen molar-refractivity contribution in [2.24, 2.45) is 17.3 Å². The first kappa shape index (κ1) is 86.6. The van der Waals surface area contributed by atoms with E-state index in [9.17, 15) is 9.59 Å². The lowest BCUT2D eigenvalue weighted by Crippen LogP contribution is -2.29. The maximum absolute atomic E-state index is 11.9. The minimum atomic E-state index is -0.178. The average molecular weight is 1420 g/mol. The number of fused-ring (bicyclic) bond motifs is 1. The van der Waals surface area contributed by atoms with Gasteiger partial charge in [-0.1, -0.05) is 215 Å². The Bertz CT molecular complexity index is 3790. The molecule has 1 unspecified atom stereocenters. The summed E-state index contributed by atoms with van der Waals surface area (Å²) >= 11 is 14.5. The monoisotopic (exact) mass is 1420 g/mol. The molecule has 8 aromatic rings. The molecule has 1 aliphatic heterocycles. The van der Waals surface area contributed by atoms with E-state index in [1.807, 2.05) is 140 Å². The van der Waals surface area contributed by atoms with Gasteiger partial charge in [-0.15, -0.1) is 5.10 Å². The Balaban J connectivity index is 0.000000376. The zero-order chi connectivity index (χ0) is 74.7. The average Bonchev–Trinajstić information content (AvgIpc) is 1.64. The van der Waals surface area contributed by atoms with Gasteiger partial charge in [-0.3, -0.25) is 18.5 Å².